The zero-order valence-corrected chi connectivity index (χ0v) is 14.1. The second kappa shape index (κ2) is 8.90. The van der Waals surface area contributed by atoms with Crippen LogP contribution in [-0.4, -0.2) is 31.6 Å². The van der Waals surface area contributed by atoms with Gasteiger partial charge in [0.15, 0.2) is 0 Å². The number of amides is 1. The molecule has 4 nitrogen and oxygen atoms in total. The monoisotopic (exact) mass is 311 g/mol. The Balaban J connectivity index is 2.94. The highest BCUT2D eigenvalue weighted by molar-refractivity contribution is 6.30. The minimum atomic E-state index is 0.0297. The summed E-state index contributed by atoms with van der Waals surface area (Å²) in [6, 6.07) is 6.25. The third kappa shape index (κ3) is 5.94. The quantitative estimate of drug-likeness (QED) is 0.776. The number of benzene rings is 1. The highest BCUT2D eigenvalue weighted by Crippen LogP contribution is 2.25. The minimum Gasteiger partial charge on any atom is -0.362 e. The Kier molecular flexibility index (Phi) is 7.54. The molecule has 0 saturated heterocycles. The van der Waals surface area contributed by atoms with Crippen molar-refractivity contribution >= 4 is 23.2 Å². The van der Waals surface area contributed by atoms with Crippen LogP contribution in [0.25, 0.3) is 0 Å². The van der Waals surface area contributed by atoms with Crippen LogP contribution < -0.4 is 15.5 Å². The molecular formula is C16H26ClN3O. The summed E-state index contributed by atoms with van der Waals surface area (Å²) < 4.78 is 0. The lowest BCUT2D eigenvalue weighted by Gasteiger charge is -2.26. The number of likely N-dealkylation sites (N-methyl/N-ethyl adjacent to an activating group) is 2. The van der Waals surface area contributed by atoms with Gasteiger partial charge in [-0.3, -0.25) is 4.79 Å². The second-order valence-corrected chi connectivity index (χ2v) is 5.71. The van der Waals surface area contributed by atoms with Crippen LogP contribution in [0, 0.1) is 0 Å². The van der Waals surface area contributed by atoms with E-state index in [0.29, 0.717) is 24.2 Å². The minimum absolute atomic E-state index is 0.0297. The molecule has 0 aliphatic rings. The van der Waals surface area contributed by atoms with Gasteiger partial charge >= 0.3 is 0 Å². The Morgan fingerprint density at radius 1 is 1.33 bits per heavy atom. The number of nitrogens with one attached hydrogen (secondary N) is 2. The Hall–Kier alpha value is -1.26. The molecule has 0 atom stereocenters. The molecule has 21 heavy (non-hydrogen) atoms. The third-order valence-electron chi connectivity index (χ3n) is 3.18. The molecule has 0 fully saturated rings. The van der Waals surface area contributed by atoms with Gasteiger partial charge in [0.25, 0.3) is 0 Å². The van der Waals surface area contributed by atoms with Crippen molar-refractivity contribution in [2.45, 2.75) is 40.3 Å². The number of carbonyl (C=O) groups is 1. The second-order valence-electron chi connectivity index (χ2n) is 5.28. The van der Waals surface area contributed by atoms with Crippen molar-refractivity contribution in [2.24, 2.45) is 0 Å². The molecule has 1 aromatic rings. The lowest BCUT2D eigenvalue weighted by Crippen LogP contribution is -2.37. The molecular weight excluding hydrogens is 286 g/mol. The normalized spacial score (nSPS) is 10.8. The maximum absolute atomic E-state index is 11.8. The van der Waals surface area contributed by atoms with E-state index in [-0.39, 0.29) is 5.91 Å². The van der Waals surface area contributed by atoms with Crippen LogP contribution in [-0.2, 0) is 11.3 Å². The smallest absolute Gasteiger partial charge is 0.239 e. The molecule has 0 heterocycles. The van der Waals surface area contributed by atoms with E-state index in [0.717, 1.165) is 24.3 Å². The highest BCUT2D eigenvalue weighted by Gasteiger charge is 2.14. The fourth-order valence-corrected chi connectivity index (χ4v) is 2.26. The zero-order valence-electron chi connectivity index (χ0n) is 13.4. The average Bonchev–Trinajstić information content (AvgIpc) is 2.43. The largest absolute Gasteiger partial charge is 0.362 e. The van der Waals surface area contributed by atoms with Crippen molar-refractivity contribution in [3.05, 3.63) is 28.8 Å². The first-order valence-corrected chi connectivity index (χ1v) is 7.89. The summed E-state index contributed by atoms with van der Waals surface area (Å²) in [6.07, 6.45) is 0. The summed E-state index contributed by atoms with van der Waals surface area (Å²) >= 11 is 6.13. The van der Waals surface area contributed by atoms with Gasteiger partial charge in [0, 0.05) is 36.4 Å². The van der Waals surface area contributed by atoms with Crippen LogP contribution >= 0.6 is 11.6 Å². The molecule has 0 aromatic heterocycles. The lowest BCUT2D eigenvalue weighted by molar-refractivity contribution is -0.119. The molecule has 0 radical (unpaired) electrons. The number of carbonyl (C=O) groups excluding carboxylic acids is 1. The summed E-state index contributed by atoms with van der Waals surface area (Å²) in [6.45, 7) is 10.7. The molecule has 118 valence electrons. The van der Waals surface area contributed by atoms with Gasteiger partial charge < -0.3 is 15.5 Å². The van der Waals surface area contributed by atoms with Crippen molar-refractivity contribution in [3.8, 4) is 0 Å². The van der Waals surface area contributed by atoms with Gasteiger partial charge in [-0.25, -0.2) is 0 Å². The molecule has 1 rings (SSSR count). The van der Waals surface area contributed by atoms with Gasteiger partial charge in [-0.15, -0.1) is 0 Å². The third-order valence-corrected chi connectivity index (χ3v) is 3.41. The molecule has 0 spiro atoms. The summed E-state index contributed by atoms with van der Waals surface area (Å²) in [4.78, 5) is 13.9. The van der Waals surface area contributed by atoms with E-state index in [1.54, 1.807) is 0 Å². The predicted molar refractivity (Wildman–Crippen MR) is 90.0 cm³/mol. The van der Waals surface area contributed by atoms with Gasteiger partial charge in [0.1, 0.15) is 0 Å². The van der Waals surface area contributed by atoms with Crippen molar-refractivity contribution < 1.29 is 4.79 Å². The first-order valence-electron chi connectivity index (χ1n) is 7.51. The van der Waals surface area contributed by atoms with Crippen molar-refractivity contribution in [1.29, 1.82) is 0 Å². The molecule has 0 unspecified atom stereocenters. The van der Waals surface area contributed by atoms with Crippen LogP contribution in [0.4, 0.5) is 5.69 Å². The van der Waals surface area contributed by atoms with Crippen LogP contribution in [0.2, 0.25) is 5.02 Å². The Morgan fingerprint density at radius 2 is 2.05 bits per heavy atom. The summed E-state index contributed by atoms with van der Waals surface area (Å²) in [5.41, 5.74) is 2.17. The van der Waals surface area contributed by atoms with E-state index in [4.69, 9.17) is 11.6 Å². The van der Waals surface area contributed by atoms with Gasteiger partial charge in [-0.1, -0.05) is 31.5 Å². The van der Waals surface area contributed by atoms with Gasteiger partial charge in [-0.05, 0) is 31.5 Å². The molecule has 0 bridgehead atoms. The topological polar surface area (TPSA) is 44.4 Å². The summed E-state index contributed by atoms with van der Waals surface area (Å²) in [7, 11) is 0. The maximum Gasteiger partial charge on any atom is 0.239 e. The van der Waals surface area contributed by atoms with E-state index in [9.17, 15) is 4.79 Å². The Labute approximate surface area is 132 Å². The van der Waals surface area contributed by atoms with E-state index < -0.39 is 0 Å². The number of rotatable bonds is 8. The molecule has 2 N–H and O–H groups in total. The van der Waals surface area contributed by atoms with Crippen molar-refractivity contribution in [1.82, 2.24) is 10.6 Å². The Morgan fingerprint density at radius 3 is 2.62 bits per heavy atom. The molecule has 1 aromatic carbocycles. The van der Waals surface area contributed by atoms with Crippen molar-refractivity contribution in [3.63, 3.8) is 0 Å². The van der Waals surface area contributed by atoms with Gasteiger partial charge in [0.2, 0.25) is 5.91 Å². The van der Waals surface area contributed by atoms with E-state index >= 15 is 0 Å². The van der Waals surface area contributed by atoms with E-state index in [1.165, 1.54) is 0 Å². The standard InChI is InChI=1S/C16H26ClN3O/c1-5-18-16(21)11-20(6-2)15-9-14(17)8-7-13(15)10-19-12(3)4/h7-9,12,19H,5-6,10-11H2,1-4H3,(H,18,21). The van der Waals surface area contributed by atoms with Gasteiger partial charge in [-0.2, -0.15) is 0 Å². The summed E-state index contributed by atoms with van der Waals surface area (Å²) in [5, 5.41) is 6.93. The van der Waals surface area contributed by atoms with Crippen LogP contribution in [0.15, 0.2) is 18.2 Å². The van der Waals surface area contributed by atoms with Gasteiger partial charge in [0.05, 0.1) is 6.54 Å². The predicted octanol–water partition coefficient (Wildman–Crippen LogP) is 2.80. The maximum atomic E-state index is 11.8. The van der Waals surface area contributed by atoms with Crippen LogP contribution in [0.5, 0.6) is 0 Å². The molecule has 0 aliphatic heterocycles. The lowest BCUT2D eigenvalue weighted by atomic mass is 10.1. The molecule has 0 saturated carbocycles. The first-order chi connectivity index (χ1) is 9.97. The van der Waals surface area contributed by atoms with Crippen LogP contribution in [0.3, 0.4) is 0 Å². The van der Waals surface area contributed by atoms with E-state index in [1.807, 2.05) is 36.9 Å². The number of halogens is 1. The first kappa shape index (κ1) is 17.8. The fraction of sp³-hybridized carbons (Fsp3) is 0.562. The molecule has 1 amide bonds. The van der Waals surface area contributed by atoms with Crippen LogP contribution in [0.1, 0.15) is 33.3 Å². The summed E-state index contributed by atoms with van der Waals surface area (Å²) in [5.74, 6) is 0.0297. The highest BCUT2D eigenvalue weighted by atomic mass is 35.5. The fourth-order valence-electron chi connectivity index (χ4n) is 2.09. The van der Waals surface area contributed by atoms with Crippen molar-refractivity contribution in [2.75, 3.05) is 24.5 Å². The Bertz CT molecular complexity index is 463. The number of anilines is 1. The number of nitrogens with zero attached hydrogens (tertiary/aromatic N) is 1. The van der Waals surface area contributed by atoms with E-state index in [2.05, 4.69) is 24.5 Å². The number of hydrogen-bond acceptors (Lipinski definition) is 3. The molecule has 0 aliphatic carbocycles. The SMILES string of the molecule is CCNC(=O)CN(CC)c1cc(Cl)ccc1CNC(C)C. The average molecular weight is 312 g/mol. The number of hydrogen-bond donors (Lipinski definition) is 2. The zero-order chi connectivity index (χ0) is 15.8. The molecule has 5 heteroatoms.